The molecule has 1 heterocycles. The second-order valence-electron chi connectivity index (χ2n) is 3.35. The van der Waals surface area contributed by atoms with E-state index in [1.165, 1.54) is 5.56 Å². The number of allylic oxidation sites excluding steroid dienone is 1. The minimum Gasteiger partial charge on any atom is -0.384 e. The Balaban J connectivity index is 2.62. The van der Waals surface area contributed by atoms with E-state index in [0.29, 0.717) is 0 Å². The molecule has 4 heteroatoms. The van der Waals surface area contributed by atoms with Crippen LogP contribution < -0.4 is 0 Å². The Hall–Kier alpha value is -0.520. The van der Waals surface area contributed by atoms with Gasteiger partial charge in [-0.1, -0.05) is 6.08 Å². The van der Waals surface area contributed by atoms with Crippen LogP contribution in [0.3, 0.4) is 0 Å². The van der Waals surface area contributed by atoms with Crippen molar-refractivity contribution in [1.29, 1.82) is 0 Å². The molecule has 1 rings (SSSR count). The van der Waals surface area contributed by atoms with E-state index in [4.69, 9.17) is 0 Å². The lowest BCUT2D eigenvalue weighted by Crippen LogP contribution is -2.00. The van der Waals surface area contributed by atoms with Crippen molar-refractivity contribution in [1.82, 2.24) is 14.7 Å². The highest BCUT2D eigenvalue weighted by Crippen LogP contribution is 2.11. The average Bonchev–Trinajstić information content (AvgIpc) is 2.47. The Kier molecular flexibility index (Phi) is 4.44. The van der Waals surface area contributed by atoms with E-state index in [-0.39, 0.29) is 0 Å². The zero-order valence-electron chi connectivity index (χ0n) is 8.87. The summed E-state index contributed by atoms with van der Waals surface area (Å²) in [5, 5.41) is 4.38. The van der Waals surface area contributed by atoms with Gasteiger partial charge in [0.1, 0.15) is 3.70 Å². The molecule has 0 aromatic carbocycles. The lowest BCUT2D eigenvalue weighted by Gasteiger charge is -2.02. The molecule has 3 nitrogen and oxygen atoms in total. The Morgan fingerprint density at radius 1 is 1.57 bits per heavy atom. The average molecular weight is 305 g/mol. The Morgan fingerprint density at radius 2 is 2.29 bits per heavy atom. The lowest BCUT2D eigenvalue weighted by atomic mass is 10.2. The van der Waals surface area contributed by atoms with Gasteiger partial charge < -0.3 is 4.90 Å². The smallest absolute Gasteiger partial charge is 0.126 e. The third kappa shape index (κ3) is 3.32. The van der Waals surface area contributed by atoms with Gasteiger partial charge in [0.05, 0.1) is 0 Å². The van der Waals surface area contributed by atoms with Gasteiger partial charge in [-0.05, 0) is 42.1 Å². The van der Waals surface area contributed by atoms with Gasteiger partial charge in [0.15, 0.2) is 0 Å². The molecule has 1 aromatic rings. The molecule has 1 aromatic heterocycles. The fourth-order valence-corrected chi connectivity index (χ4v) is 1.77. The first-order chi connectivity index (χ1) is 6.63. The summed E-state index contributed by atoms with van der Waals surface area (Å²) in [7, 11) is 4.05. The SMILES string of the molecule is CCn1cc(CC=CN(C)C)c(I)n1. The van der Waals surface area contributed by atoms with Crippen LogP contribution in [0.1, 0.15) is 12.5 Å². The van der Waals surface area contributed by atoms with Crippen molar-refractivity contribution in [2.75, 3.05) is 14.1 Å². The van der Waals surface area contributed by atoms with E-state index in [2.05, 4.69) is 53.1 Å². The molecule has 0 bridgehead atoms. The zero-order valence-corrected chi connectivity index (χ0v) is 11.0. The van der Waals surface area contributed by atoms with Crippen LogP contribution >= 0.6 is 22.6 Å². The highest BCUT2D eigenvalue weighted by atomic mass is 127. The third-order valence-electron chi connectivity index (χ3n) is 1.85. The van der Waals surface area contributed by atoms with E-state index in [1.807, 2.05) is 23.7 Å². The third-order valence-corrected chi connectivity index (χ3v) is 2.76. The Bertz CT molecular complexity index is 315. The minimum atomic E-state index is 0.938. The van der Waals surface area contributed by atoms with Crippen LogP contribution in [0.5, 0.6) is 0 Å². The van der Waals surface area contributed by atoms with Crippen molar-refractivity contribution in [2.45, 2.75) is 19.9 Å². The first kappa shape index (κ1) is 11.6. The zero-order chi connectivity index (χ0) is 10.6. The summed E-state index contributed by atoms with van der Waals surface area (Å²) in [5.74, 6) is 0. The molecule has 0 N–H and O–H groups in total. The van der Waals surface area contributed by atoms with Gasteiger partial charge in [-0.2, -0.15) is 5.10 Å². The van der Waals surface area contributed by atoms with Crippen LogP contribution in [0.2, 0.25) is 0 Å². The summed E-state index contributed by atoms with van der Waals surface area (Å²) in [6, 6.07) is 0. The van der Waals surface area contributed by atoms with Crippen LogP contribution in [0.15, 0.2) is 18.5 Å². The minimum absolute atomic E-state index is 0.938. The molecular weight excluding hydrogens is 289 g/mol. The Labute approximate surface area is 98.9 Å². The molecule has 0 atom stereocenters. The van der Waals surface area contributed by atoms with Crippen molar-refractivity contribution < 1.29 is 0 Å². The van der Waals surface area contributed by atoms with E-state index in [0.717, 1.165) is 16.7 Å². The van der Waals surface area contributed by atoms with Crippen molar-refractivity contribution in [3.63, 3.8) is 0 Å². The maximum atomic E-state index is 4.38. The molecule has 0 aliphatic rings. The Morgan fingerprint density at radius 3 is 2.79 bits per heavy atom. The summed E-state index contributed by atoms with van der Waals surface area (Å²) >= 11 is 2.28. The van der Waals surface area contributed by atoms with E-state index in [9.17, 15) is 0 Å². The van der Waals surface area contributed by atoms with Crippen molar-refractivity contribution in [3.05, 3.63) is 27.7 Å². The van der Waals surface area contributed by atoms with Crippen LogP contribution in [0, 0.1) is 3.70 Å². The van der Waals surface area contributed by atoms with Crippen LogP contribution in [0.4, 0.5) is 0 Å². The predicted octanol–water partition coefficient (Wildman–Crippen LogP) is 2.13. The van der Waals surface area contributed by atoms with E-state index in [1.54, 1.807) is 0 Å². The number of hydrogen-bond donors (Lipinski definition) is 0. The van der Waals surface area contributed by atoms with Gasteiger partial charge in [0.2, 0.25) is 0 Å². The molecule has 0 radical (unpaired) electrons. The number of hydrogen-bond acceptors (Lipinski definition) is 2. The molecule has 14 heavy (non-hydrogen) atoms. The summed E-state index contributed by atoms with van der Waals surface area (Å²) < 4.78 is 3.08. The van der Waals surface area contributed by atoms with Gasteiger partial charge in [-0.15, -0.1) is 0 Å². The second-order valence-corrected chi connectivity index (χ2v) is 4.38. The van der Waals surface area contributed by atoms with Gasteiger partial charge in [-0.3, -0.25) is 4.68 Å². The molecule has 0 aliphatic heterocycles. The first-order valence-electron chi connectivity index (χ1n) is 4.68. The molecule has 0 saturated heterocycles. The van der Waals surface area contributed by atoms with E-state index >= 15 is 0 Å². The summed E-state index contributed by atoms with van der Waals surface area (Å²) in [6.07, 6.45) is 7.29. The molecular formula is C10H16IN3. The fraction of sp³-hybridized carbons (Fsp3) is 0.500. The monoisotopic (exact) mass is 305 g/mol. The second kappa shape index (κ2) is 5.38. The number of aromatic nitrogens is 2. The maximum Gasteiger partial charge on any atom is 0.126 e. The highest BCUT2D eigenvalue weighted by molar-refractivity contribution is 14.1. The molecule has 0 amide bonds. The van der Waals surface area contributed by atoms with Crippen molar-refractivity contribution >= 4 is 22.6 Å². The number of rotatable bonds is 4. The van der Waals surface area contributed by atoms with Crippen LogP contribution in [0.25, 0.3) is 0 Å². The number of halogens is 1. The summed E-state index contributed by atoms with van der Waals surface area (Å²) in [6.45, 7) is 3.04. The number of aryl methyl sites for hydroxylation is 1. The summed E-state index contributed by atoms with van der Waals surface area (Å²) in [4.78, 5) is 2.04. The molecule has 0 saturated carbocycles. The number of nitrogens with zero attached hydrogens (tertiary/aromatic N) is 3. The standard InChI is InChI=1S/C10H16IN3/c1-4-14-8-9(10(11)12-14)6-5-7-13(2)3/h5,7-8H,4,6H2,1-3H3. The van der Waals surface area contributed by atoms with Crippen LogP contribution in [-0.4, -0.2) is 28.8 Å². The summed E-state index contributed by atoms with van der Waals surface area (Å²) in [5.41, 5.74) is 1.30. The fourth-order valence-electron chi connectivity index (χ4n) is 1.13. The van der Waals surface area contributed by atoms with Gasteiger partial charge >= 0.3 is 0 Å². The van der Waals surface area contributed by atoms with Crippen molar-refractivity contribution in [2.24, 2.45) is 0 Å². The largest absolute Gasteiger partial charge is 0.384 e. The molecule has 0 aliphatic carbocycles. The first-order valence-corrected chi connectivity index (χ1v) is 5.76. The normalized spacial score (nSPS) is 11.1. The van der Waals surface area contributed by atoms with Crippen molar-refractivity contribution in [3.8, 4) is 0 Å². The maximum absolute atomic E-state index is 4.38. The van der Waals surface area contributed by atoms with Gasteiger partial charge in [0, 0.05) is 32.4 Å². The highest BCUT2D eigenvalue weighted by Gasteiger charge is 2.02. The van der Waals surface area contributed by atoms with Gasteiger partial charge in [-0.25, -0.2) is 0 Å². The molecule has 0 unspecified atom stereocenters. The molecule has 78 valence electrons. The quantitative estimate of drug-likeness (QED) is 0.795. The van der Waals surface area contributed by atoms with Gasteiger partial charge in [0.25, 0.3) is 0 Å². The van der Waals surface area contributed by atoms with Crippen LogP contribution in [-0.2, 0) is 13.0 Å². The molecule has 0 fully saturated rings. The predicted molar refractivity (Wildman–Crippen MR) is 67.1 cm³/mol. The van der Waals surface area contributed by atoms with E-state index < -0.39 is 0 Å². The topological polar surface area (TPSA) is 21.1 Å². The lowest BCUT2D eigenvalue weighted by molar-refractivity contribution is 0.562. The molecule has 0 spiro atoms.